The number of para-hydroxylation sites is 1. The Labute approximate surface area is 109 Å². The van der Waals surface area contributed by atoms with E-state index in [9.17, 15) is 0 Å². The van der Waals surface area contributed by atoms with Crippen LogP contribution in [0.25, 0.3) is 10.9 Å². The second kappa shape index (κ2) is 5.49. The Balaban J connectivity index is 2.61. The van der Waals surface area contributed by atoms with Gasteiger partial charge in [-0.25, -0.2) is 0 Å². The standard InChI is InChI=1S/C16H22N2/c1-5-11(2)16(17-4)14-10-12(3)18-15-9-7-6-8-13(14)15/h6-11,16-17H,5H2,1-4H3. The topological polar surface area (TPSA) is 24.9 Å². The Kier molecular flexibility index (Phi) is 3.97. The highest BCUT2D eigenvalue weighted by Gasteiger charge is 2.18. The Morgan fingerprint density at radius 1 is 1.28 bits per heavy atom. The molecule has 2 rings (SSSR count). The molecule has 0 aliphatic carbocycles. The molecule has 0 saturated heterocycles. The molecule has 1 aromatic carbocycles. The molecule has 0 amide bonds. The van der Waals surface area contributed by atoms with Gasteiger partial charge in [0.1, 0.15) is 0 Å². The maximum absolute atomic E-state index is 4.61. The molecule has 0 radical (unpaired) electrons. The maximum Gasteiger partial charge on any atom is 0.0708 e. The monoisotopic (exact) mass is 242 g/mol. The van der Waals surface area contributed by atoms with Crippen LogP contribution in [0, 0.1) is 12.8 Å². The number of benzene rings is 1. The van der Waals surface area contributed by atoms with Gasteiger partial charge in [-0.1, -0.05) is 38.5 Å². The van der Waals surface area contributed by atoms with E-state index in [0.717, 1.165) is 11.2 Å². The van der Waals surface area contributed by atoms with E-state index in [2.05, 4.69) is 61.4 Å². The molecule has 0 saturated carbocycles. The van der Waals surface area contributed by atoms with Crippen molar-refractivity contribution in [3.05, 3.63) is 41.6 Å². The van der Waals surface area contributed by atoms with E-state index in [0.29, 0.717) is 12.0 Å². The van der Waals surface area contributed by atoms with Crippen LogP contribution in [0.15, 0.2) is 30.3 Å². The van der Waals surface area contributed by atoms with Gasteiger partial charge in [0.25, 0.3) is 0 Å². The number of nitrogens with zero attached hydrogens (tertiary/aromatic N) is 1. The number of aryl methyl sites for hydroxylation is 1. The fraction of sp³-hybridized carbons (Fsp3) is 0.438. The summed E-state index contributed by atoms with van der Waals surface area (Å²) >= 11 is 0. The third-order valence-electron chi connectivity index (χ3n) is 3.74. The van der Waals surface area contributed by atoms with Gasteiger partial charge in [0, 0.05) is 17.1 Å². The molecule has 18 heavy (non-hydrogen) atoms. The highest BCUT2D eigenvalue weighted by atomic mass is 14.9. The highest BCUT2D eigenvalue weighted by molar-refractivity contribution is 5.82. The van der Waals surface area contributed by atoms with E-state index >= 15 is 0 Å². The quantitative estimate of drug-likeness (QED) is 0.881. The molecule has 2 atom stereocenters. The maximum atomic E-state index is 4.61. The van der Waals surface area contributed by atoms with Crippen molar-refractivity contribution >= 4 is 10.9 Å². The van der Waals surface area contributed by atoms with Crippen molar-refractivity contribution in [1.29, 1.82) is 0 Å². The van der Waals surface area contributed by atoms with E-state index in [1.54, 1.807) is 0 Å². The molecule has 0 aliphatic rings. The smallest absolute Gasteiger partial charge is 0.0708 e. The Morgan fingerprint density at radius 3 is 2.67 bits per heavy atom. The average molecular weight is 242 g/mol. The van der Waals surface area contributed by atoms with Gasteiger partial charge in [-0.05, 0) is 37.6 Å². The lowest BCUT2D eigenvalue weighted by atomic mass is 9.90. The summed E-state index contributed by atoms with van der Waals surface area (Å²) in [5, 5.41) is 4.73. The molecule has 0 spiro atoms. The Bertz CT molecular complexity index is 534. The Morgan fingerprint density at radius 2 is 2.00 bits per heavy atom. The van der Waals surface area contributed by atoms with E-state index in [1.165, 1.54) is 17.4 Å². The summed E-state index contributed by atoms with van der Waals surface area (Å²) in [7, 11) is 2.04. The molecule has 0 aliphatic heterocycles. The van der Waals surface area contributed by atoms with Gasteiger partial charge in [-0.15, -0.1) is 0 Å². The zero-order valence-corrected chi connectivity index (χ0v) is 11.7. The first-order valence-electron chi connectivity index (χ1n) is 6.71. The zero-order chi connectivity index (χ0) is 13.1. The number of hydrogen-bond donors (Lipinski definition) is 1. The van der Waals surface area contributed by atoms with E-state index in [4.69, 9.17) is 0 Å². The molecule has 1 heterocycles. The van der Waals surface area contributed by atoms with Gasteiger partial charge in [0.05, 0.1) is 5.52 Å². The predicted octanol–water partition coefficient (Wildman–Crippen LogP) is 3.85. The first-order valence-corrected chi connectivity index (χ1v) is 6.71. The van der Waals surface area contributed by atoms with Gasteiger partial charge in [-0.2, -0.15) is 0 Å². The molecule has 2 unspecified atom stereocenters. The van der Waals surface area contributed by atoms with E-state index in [-0.39, 0.29) is 0 Å². The van der Waals surface area contributed by atoms with Gasteiger partial charge in [0.15, 0.2) is 0 Å². The van der Waals surface area contributed by atoms with Crippen LogP contribution in [-0.2, 0) is 0 Å². The van der Waals surface area contributed by atoms with Crippen molar-refractivity contribution in [2.45, 2.75) is 33.2 Å². The molecular weight excluding hydrogens is 220 g/mol. The average Bonchev–Trinajstić information content (AvgIpc) is 2.39. The van der Waals surface area contributed by atoms with Crippen molar-refractivity contribution in [3.63, 3.8) is 0 Å². The van der Waals surface area contributed by atoms with Crippen LogP contribution in [0.3, 0.4) is 0 Å². The van der Waals surface area contributed by atoms with Crippen LogP contribution < -0.4 is 5.32 Å². The van der Waals surface area contributed by atoms with Crippen LogP contribution in [0.2, 0.25) is 0 Å². The number of hydrogen-bond acceptors (Lipinski definition) is 2. The van der Waals surface area contributed by atoms with Crippen molar-refractivity contribution in [2.24, 2.45) is 5.92 Å². The summed E-state index contributed by atoms with van der Waals surface area (Å²) in [5.74, 6) is 0.611. The molecule has 0 fully saturated rings. The summed E-state index contributed by atoms with van der Waals surface area (Å²) in [5.41, 5.74) is 3.55. The second-order valence-corrected chi connectivity index (χ2v) is 5.02. The molecule has 0 bridgehead atoms. The molecule has 2 nitrogen and oxygen atoms in total. The third kappa shape index (κ3) is 2.39. The fourth-order valence-electron chi connectivity index (χ4n) is 2.58. The lowest BCUT2D eigenvalue weighted by Crippen LogP contribution is -2.23. The fourth-order valence-corrected chi connectivity index (χ4v) is 2.58. The van der Waals surface area contributed by atoms with Crippen LogP contribution in [0.4, 0.5) is 0 Å². The Hall–Kier alpha value is -1.41. The SMILES string of the molecule is CCC(C)C(NC)c1cc(C)nc2ccccc12. The second-order valence-electron chi connectivity index (χ2n) is 5.02. The number of rotatable bonds is 4. The van der Waals surface area contributed by atoms with E-state index in [1.807, 2.05) is 7.05 Å². The van der Waals surface area contributed by atoms with Gasteiger partial charge < -0.3 is 5.32 Å². The minimum Gasteiger partial charge on any atom is -0.313 e. The number of nitrogens with one attached hydrogen (secondary N) is 1. The van der Waals surface area contributed by atoms with Crippen LogP contribution in [0.5, 0.6) is 0 Å². The minimum absolute atomic E-state index is 0.390. The lowest BCUT2D eigenvalue weighted by Gasteiger charge is -2.24. The molecular formula is C16H22N2. The predicted molar refractivity (Wildman–Crippen MR) is 77.7 cm³/mol. The normalized spacial score (nSPS) is 14.7. The summed E-state index contributed by atoms with van der Waals surface area (Å²) in [6, 6.07) is 11.0. The van der Waals surface area contributed by atoms with Crippen LogP contribution >= 0.6 is 0 Å². The molecule has 96 valence electrons. The first kappa shape index (κ1) is 13.0. The van der Waals surface area contributed by atoms with Crippen molar-refractivity contribution < 1.29 is 0 Å². The van der Waals surface area contributed by atoms with Gasteiger partial charge >= 0.3 is 0 Å². The zero-order valence-electron chi connectivity index (χ0n) is 11.7. The molecule has 1 aromatic heterocycles. The summed E-state index contributed by atoms with van der Waals surface area (Å²) in [6.07, 6.45) is 1.17. The number of fused-ring (bicyclic) bond motifs is 1. The number of aromatic nitrogens is 1. The summed E-state index contributed by atoms with van der Waals surface area (Å²) < 4.78 is 0. The lowest BCUT2D eigenvalue weighted by molar-refractivity contribution is 0.402. The van der Waals surface area contributed by atoms with Gasteiger partial charge in [0.2, 0.25) is 0 Å². The van der Waals surface area contributed by atoms with Crippen molar-refractivity contribution in [3.8, 4) is 0 Å². The summed E-state index contributed by atoms with van der Waals surface area (Å²) in [6.45, 7) is 6.61. The highest BCUT2D eigenvalue weighted by Crippen LogP contribution is 2.30. The van der Waals surface area contributed by atoms with Gasteiger partial charge in [-0.3, -0.25) is 4.98 Å². The molecule has 2 aromatic rings. The van der Waals surface area contributed by atoms with Crippen LogP contribution in [0.1, 0.15) is 37.6 Å². The van der Waals surface area contributed by atoms with Crippen LogP contribution in [-0.4, -0.2) is 12.0 Å². The molecule has 2 heteroatoms. The van der Waals surface area contributed by atoms with E-state index < -0.39 is 0 Å². The molecule has 1 N–H and O–H groups in total. The third-order valence-corrected chi connectivity index (χ3v) is 3.74. The minimum atomic E-state index is 0.390. The number of pyridine rings is 1. The van der Waals surface area contributed by atoms with Crippen molar-refractivity contribution in [1.82, 2.24) is 10.3 Å². The van der Waals surface area contributed by atoms with Crippen molar-refractivity contribution in [2.75, 3.05) is 7.05 Å². The summed E-state index contributed by atoms with van der Waals surface area (Å²) in [4.78, 5) is 4.61. The largest absolute Gasteiger partial charge is 0.313 e. The first-order chi connectivity index (χ1) is 8.67.